The van der Waals surface area contributed by atoms with Crippen LogP contribution in [-0.2, 0) is 11.3 Å². The minimum Gasteiger partial charge on any atom is -0.354 e. The van der Waals surface area contributed by atoms with Crippen LogP contribution in [0.25, 0.3) is 0 Å². The molecule has 0 aliphatic carbocycles. The van der Waals surface area contributed by atoms with Gasteiger partial charge in [-0.3, -0.25) is 9.69 Å². The van der Waals surface area contributed by atoms with Crippen LogP contribution in [0.4, 0.5) is 5.82 Å². The van der Waals surface area contributed by atoms with Crippen molar-refractivity contribution in [3.05, 3.63) is 53.5 Å². The first-order chi connectivity index (χ1) is 13.4. The molecule has 1 aromatic heterocycles. The number of rotatable bonds is 6. The predicted octanol–water partition coefficient (Wildman–Crippen LogP) is 2.74. The van der Waals surface area contributed by atoms with Crippen LogP contribution in [0.3, 0.4) is 0 Å². The first-order valence-corrected chi connectivity index (χ1v) is 10.1. The van der Waals surface area contributed by atoms with Crippen molar-refractivity contribution >= 4 is 11.7 Å². The molecule has 1 aliphatic heterocycles. The molecule has 1 saturated heterocycles. The lowest BCUT2D eigenvalue weighted by molar-refractivity contribution is -0.126. The van der Waals surface area contributed by atoms with E-state index in [0.29, 0.717) is 12.5 Å². The molecule has 3 rings (SSSR count). The van der Waals surface area contributed by atoms with Gasteiger partial charge in [-0.05, 0) is 19.4 Å². The minimum atomic E-state index is -0.135. The van der Waals surface area contributed by atoms with Crippen molar-refractivity contribution < 1.29 is 4.79 Å². The zero-order valence-electron chi connectivity index (χ0n) is 17.4. The largest absolute Gasteiger partial charge is 0.354 e. The van der Waals surface area contributed by atoms with E-state index in [9.17, 15) is 4.79 Å². The second-order valence-corrected chi connectivity index (χ2v) is 7.78. The average Bonchev–Trinajstić information content (AvgIpc) is 2.72. The smallest absolute Gasteiger partial charge is 0.237 e. The first-order valence-electron chi connectivity index (χ1n) is 10.1. The van der Waals surface area contributed by atoms with Gasteiger partial charge in [0, 0.05) is 50.4 Å². The van der Waals surface area contributed by atoms with Gasteiger partial charge >= 0.3 is 0 Å². The van der Waals surface area contributed by atoms with E-state index >= 15 is 0 Å². The molecule has 6 nitrogen and oxygen atoms in total. The summed E-state index contributed by atoms with van der Waals surface area (Å²) in [5, 5.41) is 3.05. The molecule has 0 radical (unpaired) electrons. The van der Waals surface area contributed by atoms with Crippen molar-refractivity contribution in [1.29, 1.82) is 0 Å². The average molecular weight is 382 g/mol. The van der Waals surface area contributed by atoms with Gasteiger partial charge in [0.25, 0.3) is 0 Å². The zero-order valence-corrected chi connectivity index (χ0v) is 17.4. The van der Waals surface area contributed by atoms with Crippen LogP contribution in [0.1, 0.15) is 43.8 Å². The first kappa shape index (κ1) is 20.3. The molecule has 2 heterocycles. The van der Waals surface area contributed by atoms with Gasteiger partial charge in [-0.2, -0.15) is 0 Å². The Morgan fingerprint density at radius 3 is 2.39 bits per heavy atom. The predicted molar refractivity (Wildman–Crippen MR) is 112 cm³/mol. The lowest BCUT2D eigenvalue weighted by Crippen LogP contribution is -2.54. The van der Waals surface area contributed by atoms with Gasteiger partial charge in [-0.15, -0.1) is 0 Å². The Kier molecular flexibility index (Phi) is 6.62. The van der Waals surface area contributed by atoms with Gasteiger partial charge < -0.3 is 10.2 Å². The summed E-state index contributed by atoms with van der Waals surface area (Å²) >= 11 is 0. The summed E-state index contributed by atoms with van der Waals surface area (Å²) in [6.45, 7) is 12.2. The highest BCUT2D eigenvalue weighted by molar-refractivity contribution is 5.81. The summed E-state index contributed by atoms with van der Waals surface area (Å²) in [6, 6.07) is 11.9. The SMILES string of the molecule is Cc1cc(N2CCN([C@H](C)C(=O)NCc3ccccc3)CC2)nc(C(C)C)n1. The topological polar surface area (TPSA) is 61.4 Å². The summed E-state index contributed by atoms with van der Waals surface area (Å²) in [5.41, 5.74) is 2.12. The van der Waals surface area contributed by atoms with E-state index in [2.05, 4.69) is 40.0 Å². The molecule has 150 valence electrons. The maximum Gasteiger partial charge on any atom is 0.237 e. The highest BCUT2D eigenvalue weighted by Gasteiger charge is 2.26. The summed E-state index contributed by atoms with van der Waals surface area (Å²) in [6.07, 6.45) is 0. The van der Waals surface area contributed by atoms with E-state index in [1.807, 2.05) is 44.2 Å². The fourth-order valence-electron chi connectivity index (χ4n) is 3.43. The molecule has 1 N–H and O–H groups in total. The summed E-state index contributed by atoms with van der Waals surface area (Å²) in [4.78, 5) is 26.4. The van der Waals surface area contributed by atoms with Gasteiger partial charge in [0.15, 0.2) is 0 Å². The summed E-state index contributed by atoms with van der Waals surface area (Å²) < 4.78 is 0. The molecule has 1 amide bonds. The van der Waals surface area contributed by atoms with Crippen molar-refractivity contribution in [2.75, 3.05) is 31.1 Å². The van der Waals surface area contributed by atoms with E-state index in [1.54, 1.807) is 0 Å². The van der Waals surface area contributed by atoms with E-state index < -0.39 is 0 Å². The van der Waals surface area contributed by atoms with Crippen LogP contribution in [0.15, 0.2) is 36.4 Å². The fourth-order valence-corrected chi connectivity index (χ4v) is 3.43. The Morgan fingerprint density at radius 1 is 1.07 bits per heavy atom. The van der Waals surface area contributed by atoms with E-state index in [-0.39, 0.29) is 11.9 Å². The molecule has 6 heteroatoms. The van der Waals surface area contributed by atoms with Crippen molar-refractivity contribution in [2.24, 2.45) is 0 Å². The van der Waals surface area contributed by atoms with Crippen LogP contribution in [0, 0.1) is 6.92 Å². The van der Waals surface area contributed by atoms with E-state index in [0.717, 1.165) is 49.1 Å². The van der Waals surface area contributed by atoms with Gasteiger partial charge in [0.2, 0.25) is 5.91 Å². The van der Waals surface area contributed by atoms with Crippen LogP contribution in [0.2, 0.25) is 0 Å². The van der Waals surface area contributed by atoms with Gasteiger partial charge in [0.1, 0.15) is 11.6 Å². The molecular formula is C22H31N5O. The van der Waals surface area contributed by atoms with Gasteiger partial charge in [-0.1, -0.05) is 44.2 Å². The Hall–Kier alpha value is -2.47. The van der Waals surface area contributed by atoms with Crippen LogP contribution in [-0.4, -0.2) is 53.0 Å². The fraction of sp³-hybridized carbons (Fsp3) is 0.500. The Labute approximate surface area is 168 Å². The van der Waals surface area contributed by atoms with Gasteiger partial charge in [-0.25, -0.2) is 9.97 Å². The molecule has 1 fully saturated rings. The normalized spacial score (nSPS) is 16.2. The maximum atomic E-state index is 12.5. The number of piperazine rings is 1. The van der Waals surface area contributed by atoms with Crippen molar-refractivity contribution in [2.45, 2.75) is 46.2 Å². The number of aromatic nitrogens is 2. The lowest BCUT2D eigenvalue weighted by atomic mass is 10.2. The molecule has 28 heavy (non-hydrogen) atoms. The minimum absolute atomic E-state index is 0.0808. The molecular weight excluding hydrogens is 350 g/mol. The molecule has 0 saturated carbocycles. The highest BCUT2D eigenvalue weighted by Crippen LogP contribution is 2.19. The molecule has 1 aromatic carbocycles. The van der Waals surface area contributed by atoms with E-state index in [1.165, 1.54) is 0 Å². The number of carbonyl (C=O) groups is 1. The standard InChI is InChI=1S/C22H31N5O/c1-16(2)21-24-17(3)14-20(25-21)27-12-10-26(11-13-27)18(4)22(28)23-15-19-8-6-5-7-9-19/h5-9,14,16,18H,10-13,15H2,1-4H3,(H,23,28)/t18-/m1/s1. The van der Waals surface area contributed by atoms with Crippen molar-refractivity contribution in [1.82, 2.24) is 20.2 Å². The number of aryl methyl sites for hydroxylation is 1. The zero-order chi connectivity index (χ0) is 20.1. The summed E-state index contributed by atoms with van der Waals surface area (Å²) in [7, 11) is 0. The molecule has 1 aliphatic rings. The molecule has 1 atom stereocenters. The molecule has 0 bridgehead atoms. The Bertz CT molecular complexity index is 785. The number of hydrogen-bond donors (Lipinski definition) is 1. The Balaban J connectivity index is 1.54. The molecule has 0 spiro atoms. The molecule has 2 aromatic rings. The third kappa shape index (κ3) is 5.07. The monoisotopic (exact) mass is 381 g/mol. The van der Waals surface area contributed by atoms with Crippen molar-refractivity contribution in [3.63, 3.8) is 0 Å². The van der Waals surface area contributed by atoms with Gasteiger partial charge in [0.05, 0.1) is 6.04 Å². The quantitative estimate of drug-likeness (QED) is 0.834. The number of hydrogen-bond acceptors (Lipinski definition) is 5. The second-order valence-electron chi connectivity index (χ2n) is 7.78. The lowest BCUT2D eigenvalue weighted by Gasteiger charge is -2.38. The highest BCUT2D eigenvalue weighted by atomic mass is 16.2. The third-order valence-electron chi connectivity index (χ3n) is 5.25. The number of anilines is 1. The van der Waals surface area contributed by atoms with Crippen LogP contribution < -0.4 is 10.2 Å². The number of amides is 1. The number of carbonyl (C=O) groups excluding carboxylic acids is 1. The molecule has 0 unspecified atom stereocenters. The maximum absolute atomic E-state index is 12.5. The van der Waals surface area contributed by atoms with Crippen LogP contribution in [0.5, 0.6) is 0 Å². The number of nitrogens with one attached hydrogen (secondary N) is 1. The third-order valence-corrected chi connectivity index (χ3v) is 5.25. The number of nitrogens with zero attached hydrogens (tertiary/aromatic N) is 4. The summed E-state index contributed by atoms with van der Waals surface area (Å²) in [5.74, 6) is 2.29. The second kappa shape index (κ2) is 9.15. The van der Waals surface area contributed by atoms with E-state index in [4.69, 9.17) is 4.98 Å². The van der Waals surface area contributed by atoms with Crippen LogP contribution >= 0.6 is 0 Å². The van der Waals surface area contributed by atoms with Crippen molar-refractivity contribution in [3.8, 4) is 0 Å². The number of benzene rings is 1. The Morgan fingerprint density at radius 2 is 1.75 bits per heavy atom.